The molecule has 3 aromatic rings. The second-order valence-electron chi connectivity index (χ2n) is 7.85. The first-order valence-corrected chi connectivity index (χ1v) is 10.2. The number of rotatable bonds is 4. The highest BCUT2D eigenvalue weighted by molar-refractivity contribution is 6.39. The van der Waals surface area contributed by atoms with E-state index in [1.807, 2.05) is 52.0 Å². The summed E-state index contributed by atoms with van der Waals surface area (Å²) >= 11 is 0. The third kappa shape index (κ3) is 4.74. The molecule has 2 amide bonds. The van der Waals surface area contributed by atoms with Gasteiger partial charge in [0.15, 0.2) is 0 Å². The fourth-order valence-electron chi connectivity index (χ4n) is 3.64. The van der Waals surface area contributed by atoms with Crippen LogP contribution in [0.1, 0.15) is 39.2 Å². The number of carbonyl (C=O) groups excluding carboxylic acids is 2. The fraction of sp³-hybridized carbons (Fsp3) is 0.240. The van der Waals surface area contributed by atoms with Gasteiger partial charge in [-0.25, -0.2) is 5.43 Å². The normalized spacial score (nSPS) is 11.0. The van der Waals surface area contributed by atoms with Crippen LogP contribution in [0.15, 0.2) is 47.6 Å². The Balaban J connectivity index is 1.72. The molecule has 31 heavy (non-hydrogen) atoms. The molecule has 0 aliphatic carbocycles. The topological polar surface area (TPSA) is 75.5 Å². The Morgan fingerprint density at radius 1 is 0.839 bits per heavy atom. The van der Waals surface area contributed by atoms with Crippen LogP contribution in [-0.2, 0) is 9.59 Å². The Morgan fingerprint density at radius 3 is 2.16 bits per heavy atom. The summed E-state index contributed by atoms with van der Waals surface area (Å²) < 4.78 is 2.18. The van der Waals surface area contributed by atoms with Crippen molar-refractivity contribution >= 4 is 23.7 Å². The van der Waals surface area contributed by atoms with Crippen LogP contribution in [0.2, 0.25) is 0 Å². The van der Waals surface area contributed by atoms with Crippen LogP contribution >= 0.6 is 0 Å². The van der Waals surface area contributed by atoms with E-state index in [2.05, 4.69) is 46.4 Å². The zero-order valence-corrected chi connectivity index (χ0v) is 18.8. The van der Waals surface area contributed by atoms with Crippen LogP contribution in [-0.4, -0.2) is 22.6 Å². The fourth-order valence-corrected chi connectivity index (χ4v) is 3.64. The molecule has 0 unspecified atom stereocenters. The first kappa shape index (κ1) is 22.0. The molecule has 1 aromatic heterocycles. The molecule has 1 heterocycles. The summed E-state index contributed by atoms with van der Waals surface area (Å²) in [6.45, 7) is 12.1. The van der Waals surface area contributed by atoms with Crippen molar-refractivity contribution in [2.75, 3.05) is 5.32 Å². The number of para-hydroxylation sites is 1. The number of aromatic nitrogens is 1. The predicted octanol–water partition coefficient (Wildman–Crippen LogP) is 4.42. The van der Waals surface area contributed by atoms with E-state index < -0.39 is 11.8 Å². The molecule has 0 atom stereocenters. The predicted molar refractivity (Wildman–Crippen MR) is 125 cm³/mol. The average molecular weight is 417 g/mol. The first-order chi connectivity index (χ1) is 14.7. The van der Waals surface area contributed by atoms with E-state index in [-0.39, 0.29) is 0 Å². The van der Waals surface area contributed by atoms with E-state index in [4.69, 9.17) is 0 Å². The van der Waals surface area contributed by atoms with Crippen LogP contribution in [0, 0.1) is 41.5 Å². The second-order valence-corrected chi connectivity index (χ2v) is 7.85. The molecule has 160 valence electrons. The molecule has 2 aromatic carbocycles. The zero-order valence-electron chi connectivity index (χ0n) is 18.8. The summed E-state index contributed by atoms with van der Waals surface area (Å²) in [4.78, 5) is 24.3. The van der Waals surface area contributed by atoms with E-state index in [9.17, 15) is 9.59 Å². The van der Waals surface area contributed by atoms with Gasteiger partial charge in [-0.15, -0.1) is 0 Å². The molecular weight excluding hydrogens is 388 g/mol. The van der Waals surface area contributed by atoms with Gasteiger partial charge in [0.25, 0.3) is 0 Å². The van der Waals surface area contributed by atoms with Crippen molar-refractivity contribution in [3.05, 3.63) is 81.7 Å². The van der Waals surface area contributed by atoms with Gasteiger partial charge in [0, 0.05) is 22.6 Å². The van der Waals surface area contributed by atoms with Gasteiger partial charge in [-0.1, -0.05) is 24.3 Å². The maximum absolute atomic E-state index is 12.1. The molecule has 0 aliphatic heterocycles. The van der Waals surface area contributed by atoms with Crippen molar-refractivity contribution < 1.29 is 9.59 Å². The summed E-state index contributed by atoms with van der Waals surface area (Å²) in [6, 6.07) is 13.7. The molecule has 0 aliphatic rings. The maximum atomic E-state index is 12.1. The average Bonchev–Trinajstić information content (AvgIpc) is 2.98. The van der Waals surface area contributed by atoms with Crippen molar-refractivity contribution in [3.8, 4) is 5.69 Å². The number of hydrogen-bond acceptors (Lipinski definition) is 3. The summed E-state index contributed by atoms with van der Waals surface area (Å²) in [7, 11) is 0. The Kier molecular flexibility index (Phi) is 6.39. The molecule has 6 nitrogen and oxygen atoms in total. The summed E-state index contributed by atoms with van der Waals surface area (Å²) in [6.07, 6.45) is 1.56. The highest BCUT2D eigenvalue weighted by Gasteiger charge is 2.15. The molecule has 2 N–H and O–H groups in total. The van der Waals surface area contributed by atoms with Crippen LogP contribution in [0.25, 0.3) is 5.69 Å². The van der Waals surface area contributed by atoms with E-state index in [1.54, 1.807) is 12.3 Å². The van der Waals surface area contributed by atoms with Crippen molar-refractivity contribution in [3.63, 3.8) is 0 Å². The smallest absolute Gasteiger partial charge is 0.318 e. The number of nitrogens with zero attached hydrogens (tertiary/aromatic N) is 2. The highest BCUT2D eigenvalue weighted by atomic mass is 16.2. The van der Waals surface area contributed by atoms with E-state index in [1.165, 1.54) is 11.1 Å². The largest absolute Gasteiger partial charge is 0.329 e. The molecular formula is C25H28N4O2. The Morgan fingerprint density at radius 2 is 1.52 bits per heavy atom. The van der Waals surface area contributed by atoms with Crippen molar-refractivity contribution in [2.45, 2.75) is 41.5 Å². The first-order valence-electron chi connectivity index (χ1n) is 10.2. The monoisotopic (exact) mass is 416 g/mol. The second kappa shape index (κ2) is 9.00. The van der Waals surface area contributed by atoms with E-state index >= 15 is 0 Å². The van der Waals surface area contributed by atoms with Crippen molar-refractivity contribution in [1.82, 2.24) is 9.99 Å². The molecule has 0 fully saturated rings. The zero-order chi connectivity index (χ0) is 22.7. The molecule has 0 radical (unpaired) electrons. The third-order valence-electron chi connectivity index (χ3n) is 5.47. The highest BCUT2D eigenvalue weighted by Crippen LogP contribution is 2.25. The van der Waals surface area contributed by atoms with E-state index in [0.29, 0.717) is 5.69 Å². The summed E-state index contributed by atoms with van der Waals surface area (Å²) in [5.41, 5.74) is 11.5. The van der Waals surface area contributed by atoms with Gasteiger partial charge in [0.05, 0.1) is 11.9 Å². The van der Waals surface area contributed by atoms with Crippen LogP contribution < -0.4 is 10.7 Å². The number of hydrazone groups is 1. The number of anilines is 1. The van der Waals surface area contributed by atoms with Gasteiger partial charge < -0.3 is 9.88 Å². The molecule has 6 heteroatoms. The lowest BCUT2D eigenvalue weighted by atomic mass is 10.1. The number of amides is 2. The van der Waals surface area contributed by atoms with Gasteiger partial charge in [-0.2, -0.15) is 5.10 Å². The van der Waals surface area contributed by atoms with Gasteiger partial charge in [0.1, 0.15) is 0 Å². The SMILES string of the molecule is Cc1ccc(NC(=O)C(=O)N/N=C\c2cc(C)n(-c3c(C)cccc3C)c2C)cc1C. The van der Waals surface area contributed by atoms with Gasteiger partial charge >= 0.3 is 11.8 Å². The molecule has 3 rings (SSSR count). The molecule has 0 saturated carbocycles. The summed E-state index contributed by atoms with van der Waals surface area (Å²) in [5, 5.41) is 6.58. The van der Waals surface area contributed by atoms with Crippen molar-refractivity contribution in [1.29, 1.82) is 0 Å². The summed E-state index contributed by atoms with van der Waals surface area (Å²) in [5.74, 6) is -1.58. The number of benzene rings is 2. The third-order valence-corrected chi connectivity index (χ3v) is 5.47. The van der Waals surface area contributed by atoms with Crippen molar-refractivity contribution in [2.24, 2.45) is 5.10 Å². The lowest BCUT2D eigenvalue weighted by molar-refractivity contribution is -0.136. The minimum absolute atomic E-state index is 0.573. The minimum Gasteiger partial charge on any atom is -0.318 e. The Hall–Kier alpha value is -3.67. The lowest BCUT2D eigenvalue weighted by Crippen LogP contribution is -2.32. The van der Waals surface area contributed by atoms with Gasteiger partial charge in [-0.3, -0.25) is 9.59 Å². The van der Waals surface area contributed by atoms with E-state index in [0.717, 1.165) is 33.8 Å². The number of carbonyl (C=O) groups is 2. The number of hydrogen-bond donors (Lipinski definition) is 2. The van der Waals surface area contributed by atoms with Crippen LogP contribution in [0.3, 0.4) is 0 Å². The molecule has 0 saturated heterocycles. The van der Waals surface area contributed by atoms with Crippen LogP contribution in [0.4, 0.5) is 5.69 Å². The standard InChI is InChI=1S/C25H28N4O2/c1-15-10-11-22(12-18(15)4)27-24(30)25(31)28-26-14-21-13-19(5)29(20(21)6)23-16(2)8-7-9-17(23)3/h7-14H,1-6H3,(H,27,30)(H,28,31)/b26-14-. The lowest BCUT2D eigenvalue weighted by Gasteiger charge is -2.15. The Bertz CT molecular complexity index is 1170. The Labute approximate surface area is 183 Å². The minimum atomic E-state index is -0.821. The van der Waals surface area contributed by atoms with Gasteiger partial charge in [0.2, 0.25) is 0 Å². The quantitative estimate of drug-likeness (QED) is 0.375. The van der Waals surface area contributed by atoms with Crippen LogP contribution in [0.5, 0.6) is 0 Å². The molecule has 0 spiro atoms. The maximum Gasteiger partial charge on any atom is 0.329 e. The number of aryl methyl sites for hydroxylation is 5. The number of nitrogens with one attached hydrogen (secondary N) is 2. The van der Waals surface area contributed by atoms with Gasteiger partial charge in [-0.05, 0) is 82.0 Å². The molecule has 0 bridgehead atoms.